The Labute approximate surface area is 110 Å². The van der Waals surface area contributed by atoms with Crippen LogP contribution in [0, 0.1) is 12.7 Å². The molecule has 0 aliphatic heterocycles. The minimum absolute atomic E-state index is 0.00685. The van der Waals surface area contributed by atoms with Crippen LogP contribution in [0.5, 0.6) is 0 Å². The Balaban J connectivity index is 3.14. The van der Waals surface area contributed by atoms with Crippen molar-refractivity contribution in [3.8, 4) is 0 Å². The van der Waals surface area contributed by atoms with Crippen molar-refractivity contribution >= 4 is 0 Å². The quantitative estimate of drug-likeness (QED) is 0.836. The molecule has 0 aliphatic rings. The van der Waals surface area contributed by atoms with Crippen molar-refractivity contribution in [1.29, 1.82) is 0 Å². The predicted molar refractivity (Wildman–Crippen MR) is 73.3 cm³/mol. The molecule has 0 heterocycles. The van der Waals surface area contributed by atoms with Crippen molar-refractivity contribution in [2.45, 2.75) is 45.8 Å². The summed E-state index contributed by atoms with van der Waals surface area (Å²) in [4.78, 5) is 0. The summed E-state index contributed by atoms with van der Waals surface area (Å²) in [5.74, 6) is -0.162. The SMILES string of the molecule is CCNC(c1ccc(C)c(F)c1)C(C)(CC)OC. The lowest BCUT2D eigenvalue weighted by atomic mass is 9.87. The summed E-state index contributed by atoms with van der Waals surface area (Å²) in [5, 5.41) is 3.40. The molecule has 2 unspecified atom stereocenters. The first kappa shape index (κ1) is 15.1. The van der Waals surface area contributed by atoms with Crippen molar-refractivity contribution in [3.05, 3.63) is 35.1 Å². The van der Waals surface area contributed by atoms with E-state index in [1.165, 1.54) is 0 Å². The number of ether oxygens (including phenoxy) is 1. The smallest absolute Gasteiger partial charge is 0.126 e. The van der Waals surface area contributed by atoms with Gasteiger partial charge in [-0.15, -0.1) is 0 Å². The fourth-order valence-electron chi connectivity index (χ4n) is 2.15. The maximum absolute atomic E-state index is 13.7. The number of rotatable bonds is 6. The molecule has 0 fully saturated rings. The van der Waals surface area contributed by atoms with Gasteiger partial charge in [0, 0.05) is 7.11 Å². The molecule has 2 atom stereocenters. The van der Waals surface area contributed by atoms with Crippen molar-refractivity contribution in [3.63, 3.8) is 0 Å². The van der Waals surface area contributed by atoms with Crippen molar-refractivity contribution in [2.24, 2.45) is 0 Å². The Morgan fingerprint density at radius 3 is 2.50 bits per heavy atom. The largest absolute Gasteiger partial charge is 0.377 e. The molecule has 2 nitrogen and oxygen atoms in total. The summed E-state index contributed by atoms with van der Waals surface area (Å²) in [5.41, 5.74) is 1.27. The third-order valence-corrected chi connectivity index (χ3v) is 3.72. The van der Waals surface area contributed by atoms with Crippen LogP contribution in [0.4, 0.5) is 4.39 Å². The van der Waals surface area contributed by atoms with E-state index >= 15 is 0 Å². The molecule has 0 amide bonds. The summed E-state index contributed by atoms with van der Waals surface area (Å²) in [6.45, 7) is 8.77. The van der Waals surface area contributed by atoms with Gasteiger partial charge in [0.1, 0.15) is 5.82 Å². The summed E-state index contributed by atoms with van der Waals surface area (Å²) in [7, 11) is 1.71. The fourth-order valence-corrected chi connectivity index (χ4v) is 2.15. The Morgan fingerprint density at radius 1 is 1.39 bits per heavy atom. The summed E-state index contributed by atoms with van der Waals surface area (Å²) in [6, 6.07) is 5.39. The van der Waals surface area contributed by atoms with Gasteiger partial charge in [0.2, 0.25) is 0 Å². The number of aryl methyl sites for hydroxylation is 1. The van der Waals surface area contributed by atoms with E-state index in [2.05, 4.69) is 19.2 Å². The molecular weight excluding hydrogens is 229 g/mol. The monoisotopic (exact) mass is 253 g/mol. The predicted octanol–water partition coefficient (Wildman–Crippen LogP) is 3.60. The lowest BCUT2D eigenvalue weighted by molar-refractivity contribution is -0.0296. The van der Waals surface area contributed by atoms with E-state index in [0.29, 0.717) is 5.56 Å². The molecular formula is C15H24FNO. The van der Waals surface area contributed by atoms with Gasteiger partial charge in [-0.1, -0.05) is 26.0 Å². The minimum atomic E-state index is -0.336. The van der Waals surface area contributed by atoms with Crippen molar-refractivity contribution in [2.75, 3.05) is 13.7 Å². The average Bonchev–Trinajstić information content (AvgIpc) is 2.38. The van der Waals surface area contributed by atoms with Crippen molar-refractivity contribution in [1.82, 2.24) is 5.32 Å². The highest BCUT2D eigenvalue weighted by Gasteiger charge is 2.33. The molecule has 0 saturated carbocycles. The highest BCUT2D eigenvalue weighted by Crippen LogP contribution is 2.32. The molecule has 1 rings (SSSR count). The van der Waals surface area contributed by atoms with Crippen LogP contribution in [-0.2, 0) is 4.74 Å². The Hall–Kier alpha value is -0.930. The normalized spacial score (nSPS) is 16.3. The number of halogens is 1. The fraction of sp³-hybridized carbons (Fsp3) is 0.600. The number of likely N-dealkylation sites (N-methyl/N-ethyl adjacent to an activating group) is 1. The van der Waals surface area contributed by atoms with Gasteiger partial charge < -0.3 is 10.1 Å². The number of nitrogens with one attached hydrogen (secondary N) is 1. The third kappa shape index (κ3) is 3.09. The van der Waals surface area contributed by atoms with Gasteiger partial charge in [-0.25, -0.2) is 4.39 Å². The third-order valence-electron chi connectivity index (χ3n) is 3.72. The number of benzene rings is 1. The van der Waals surface area contributed by atoms with E-state index in [9.17, 15) is 4.39 Å². The van der Waals surface area contributed by atoms with Crippen LogP contribution in [0.25, 0.3) is 0 Å². The molecule has 0 aromatic heterocycles. The van der Waals surface area contributed by atoms with Crippen LogP contribution >= 0.6 is 0 Å². The van der Waals surface area contributed by atoms with Crippen LogP contribution in [0.2, 0.25) is 0 Å². The van der Waals surface area contributed by atoms with Gasteiger partial charge >= 0.3 is 0 Å². The van der Waals surface area contributed by atoms with E-state index in [1.807, 2.05) is 19.1 Å². The first-order valence-electron chi connectivity index (χ1n) is 6.53. The van der Waals surface area contributed by atoms with E-state index in [-0.39, 0.29) is 17.5 Å². The van der Waals surface area contributed by atoms with Crippen LogP contribution in [0.3, 0.4) is 0 Å². The molecule has 3 heteroatoms. The topological polar surface area (TPSA) is 21.3 Å². The molecule has 18 heavy (non-hydrogen) atoms. The molecule has 1 N–H and O–H groups in total. The zero-order chi connectivity index (χ0) is 13.8. The van der Waals surface area contributed by atoms with Crippen LogP contribution in [0.15, 0.2) is 18.2 Å². The minimum Gasteiger partial charge on any atom is -0.377 e. The highest BCUT2D eigenvalue weighted by atomic mass is 19.1. The number of methoxy groups -OCH3 is 1. The second-order valence-corrected chi connectivity index (χ2v) is 4.87. The second-order valence-electron chi connectivity index (χ2n) is 4.87. The Bertz CT molecular complexity index is 388. The molecule has 1 aromatic carbocycles. The van der Waals surface area contributed by atoms with E-state index in [4.69, 9.17) is 4.74 Å². The van der Waals surface area contributed by atoms with Gasteiger partial charge in [0.05, 0.1) is 11.6 Å². The first-order valence-corrected chi connectivity index (χ1v) is 6.53. The van der Waals surface area contributed by atoms with Crippen molar-refractivity contribution < 1.29 is 9.13 Å². The molecule has 0 radical (unpaired) electrons. The highest BCUT2D eigenvalue weighted by molar-refractivity contribution is 5.27. The Morgan fingerprint density at radius 2 is 2.06 bits per heavy atom. The van der Waals surface area contributed by atoms with Crippen LogP contribution < -0.4 is 5.32 Å². The summed E-state index contributed by atoms with van der Waals surface area (Å²) < 4.78 is 19.3. The maximum atomic E-state index is 13.7. The zero-order valence-electron chi connectivity index (χ0n) is 12.0. The number of hydrogen-bond acceptors (Lipinski definition) is 2. The van der Waals surface area contributed by atoms with Gasteiger partial charge in [0.25, 0.3) is 0 Å². The molecule has 1 aromatic rings. The molecule has 0 saturated heterocycles. The second kappa shape index (κ2) is 6.30. The maximum Gasteiger partial charge on any atom is 0.126 e. The number of hydrogen-bond donors (Lipinski definition) is 1. The molecule has 0 aliphatic carbocycles. The molecule has 0 bridgehead atoms. The lowest BCUT2D eigenvalue weighted by Gasteiger charge is -2.36. The van der Waals surface area contributed by atoms with Gasteiger partial charge in [-0.05, 0) is 44.0 Å². The van der Waals surface area contributed by atoms with Gasteiger partial charge in [-0.2, -0.15) is 0 Å². The van der Waals surface area contributed by atoms with Crippen LogP contribution in [0.1, 0.15) is 44.4 Å². The van der Waals surface area contributed by atoms with E-state index in [0.717, 1.165) is 18.5 Å². The van der Waals surface area contributed by atoms with Gasteiger partial charge in [-0.3, -0.25) is 0 Å². The standard InChI is InChI=1S/C15H24FNO/c1-6-15(4,18-5)14(17-7-2)12-9-8-11(3)13(16)10-12/h8-10,14,17H,6-7H2,1-5H3. The lowest BCUT2D eigenvalue weighted by Crippen LogP contribution is -2.42. The van der Waals surface area contributed by atoms with Gasteiger partial charge in [0.15, 0.2) is 0 Å². The summed E-state index contributed by atoms with van der Waals surface area (Å²) >= 11 is 0. The molecule has 0 spiro atoms. The molecule has 102 valence electrons. The average molecular weight is 253 g/mol. The summed E-state index contributed by atoms with van der Waals surface area (Å²) in [6.07, 6.45) is 0.858. The Kier molecular flexibility index (Phi) is 5.29. The first-order chi connectivity index (χ1) is 8.48. The van der Waals surface area contributed by atoms with E-state index < -0.39 is 0 Å². The van der Waals surface area contributed by atoms with Crippen LogP contribution in [-0.4, -0.2) is 19.3 Å². The van der Waals surface area contributed by atoms with E-state index in [1.54, 1.807) is 20.1 Å². The zero-order valence-corrected chi connectivity index (χ0v) is 12.0.